The Balaban J connectivity index is 2.80. The van der Waals surface area contributed by atoms with Gasteiger partial charge in [0.15, 0.2) is 0 Å². The van der Waals surface area contributed by atoms with Crippen LogP contribution in [0, 0.1) is 17.8 Å². The molecule has 0 spiro atoms. The molecule has 4 heteroatoms. The van der Waals surface area contributed by atoms with Gasteiger partial charge in [0.1, 0.15) is 0 Å². The van der Waals surface area contributed by atoms with Gasteiger partial charge >= 0.3 is 11.9 Å². The van der Waals surface area contributed by atoms with E-state index in [4.69, 9.17) is 10.2 Å². The molecule has 0 heterocycles. The molecule has 0 radical (unpaired) electrons. The molecule has 1 rings (SSSR count). The van der Waals surface area contributed by atoms with E-state index in [-0.39, 0.29) is 5.92 Å². The third-order valence-electron chi connectivity index (χ3n) is 2.82. The monoisotopic (exact) mass is 186 g/mol. The van der Waals surface area contributed by atoms with Crippen LogP contribution in [0.25, 0.3) is 0 Å². The second-order valence-electron chi connectivity index (χ2n) is 3.72. The van der Waals surface area contributed by atoms with Crippen LogP contribution in [0.4, 0.5) is 0 Å². The summed E-state index contributed by atoms with van der Waals surface area (Å²) in [5.74, 6) is -3.36. The zero-order valence-corrected chi connectivity index (χ0v) is 7.56. The van der Waals surface area contributed by atoms with E-state index in [1.54, 1.807) is 0 Å². The standard InChI is InChI=1S/C9H14O4/c1-5-3-2-4-6(8(10)11)7(5)9(12)13/h5-7H,2-4H2,1H3,(H,10,11)(H,12,13). The van der Waals surface area contributed by atoms with E-state index < -0.39 is 23.8 Å². The summed E-state index contributed by atoms with van der Waals surface area (Å²) < 4.78 is 0. The molecule has 0 aromatic heterocycles. The minimum absolute atomic E-state index is 0.0210. The van der Waals surface area contributed by atoms with E-state index in [9.17, 15) is 9.59 Å². The lowest BCUT2D eigenvalue weighted by atomic mass is 9.73. The Morgan fingerprint density at radius 1 is 1.15 bits per heavy atom. The van der Waals surface area contributed by atoms with Crippen molar-refractivity contribution in [2.45, 2.75) is 26.2 Å². The maximum Gasteiger partial charge on any atom is 0.307 e. The van der Waals surface area contributed by atoms with Crippen molar-refractivity contribution >= 4 is 11.9 Å². The average Bonchev–Trinajstić information content (AvgIpc) is 2.02. The number of rotatable bonds is 2. The molecule has 1 aliphatic carbocycles. The highest BCUT2D eigenvalue weighted by Crippen LogP contribution is 2.34. The first-order chi connectivity index (χ1) is 6.04. The molecule has 0 amide bonds. The van der Waals surface area contributed by atoms with Crippen LogP contribution in [0.3, 0.4) is 0 Å². The van der Waals surface area contributed by atoms with Crippen LogP contribution in [-0.2, 0) is 9.59 Å². The van der Waals surface area contributed by atoms with Gasteiger partial charge < -0.3 is 10.2 Å². The van der Waals surface area contributed by atoms with E-state index in [1.807, 2.05) is 6.92 Å². The summed E-state index contributed by atoms with van der Waals surface area (Å²) in [5.41, 5.74) is 0. The molecule has 1 aliphatic rings. The van der Waals surface area contributed by atoms with Crippen LogP contribution in [0.15, 0.2) is 0 Å². The molecule has 1 saturated carbocycles. The molecular weight excluding hydrogens is 172 g/mol. The molecule has 3 atom stereocenters. The van der Waals surface area contributed by atoms with Gasteiger partial charge in [0.2, 0.25) is 0 Å². The fourth-order valence-corrected chi connectivity index (χ4v) is 2.11. The van der Waals surface area contributed by atoms with Gasteiger partial charge in [-0.1, -0.05) is 13.3 Å². The fourth-order valence-electron chi connectivity index (χ4n) is 2.11. The molecule has 74 valence electrons. The SMILES string of the molecule is CC1CCCC(C(=O)O)C1C(=O)O. The molecule has 0 aromatic rings. The largest absolute Gasteiger partial charge is 0.481 e. The predicted molar refractivity (Wildman–Crippen MR) is 45.3 cm³/mol. The number of carboxylic acids is 2. The zero-order chi connectivity index (χ0) is 10.0. The van der Waals surface area contributed by atoms with Crippen molar-refractivity contribution in [2.75, 3.05) is 0 Å². The molecular formula is C9H14O4. The van der Waals surface area contributed by atoms with Gasteiger partial charge in [0.25, 0.3) is 0 Å². The molecule has 13 heavy (non-hydrogen) atoms. The second-order valence-corrected chi connectivity index (χ2v) is 3.72. The maximum absolute atomic E-state index is 10.8. The van der Waals surface area contributed by atoms with Gasteiger partial charge in [-0.05, 0) is 18.8 Å². The molecule has 0 aromatic carbocycles. The highest BCUT2D eigenvalue weighted by molar-refractivity contribution is 5.80. The number of carboxylic acid groups (broad SMARTS) is 2. The molecule has 0 saturated heterocycles. The third kappa shape index (κ3) is 1.99. The van der Waals surface area contributed by atoms with E-state index in [0.29, 0.717) is 6.42 Å². The Hall–Kier alpha value is -1.06. The Morgan fingerprint density at radius 2 is 1.77 bits per heavy atom. The number of carbonyl (C=O) groups is 2. The Bertz CT molecular complexity index is 224. The van der Waals surface area contributed by atoms with Crippen molar-refractivity contribution in [3.05, 3.63) is 0 Å². The summed E-state index contributed by atoms with van der Waals surface area (Å²) in [6.45, 7) is 1.81. The van der Waals surface area contributed by atoms with Crippen molar-refractivity contribution < 1.29 is 19.8 Å². The lowest BCUT2D eigenvalue weighted by molar-refractivity contribution is -0.158. The summed E-state index contributed by atoms with van der Waals surface area (Å²) in [5, 5.41) is 17.7. The van der Waals surface area contributed by atoms with Crippen LogP contribution < -0.4 is 0 Å². The highest BCUT2D eigenvalue weighted by atomic mass is 16.4. The molecule has 1 fully saturated rings. The van der Waals surface area contributed by atoms with Crippen molar-refractivity contribution in [1.29, 1.82) is 0 Å². The minimum atomic E-state index is -0.973. The Morgan fingerprint density at radius 3 is 2.15 bits per heavy atom. The van der Waals surface area contributed by atoms with Gasteiger partial charge in [-0.3, -0.25) is 9.59 Å². The van der Waals surface area contributed by atoms with E-state index in [0.717, 1.165) is 12.8 Å². The van der Waals surface area contributed by atoms with Crippen LogP contribution in [0.1, 0.15) is 26.2 Å². The topological polar surface area (TPSA) is 74.6 Å². The lowest BCUT2D eigenvalue weighted by Crippen LogP contribution is -2.37. The van der Waals surface area contributed by atoms with Crippen LogP contribution in [0.5, 0.6) is 0 Å². The van der Waals surface area contributed by atoms with Crippen molar-refractivity contribution in [3.8, 4) is 0 Å². The van der Waals surface area contributed by atoms with Crippen molar-refractivity contribution in [3.63, 3.8) is 0 Å². The predicted octanol–water partition coefficient (Wildman–Crippen LogP) is 1.21. The van der Waals surface area contributed by atoms with Crippen molar-refractivity contribution in [1.82, 2.24) is 0 Å². The van der Waals surface area contributed by atoms with Crippen molar-refractivity contribution in [2.24, 2.45) is 17.8 Å². The Kier molecular flexibility index (Phi) is 2.90. The third-order valence-corrected chi connectivity index (χ3v) is 2.82. The molecule has 0 bridgehead atoms. The lowest BCUT2D eigenvalue weighted by Gasteiger charge is -2.30. The maximum atomic E-state index is 10.8. The fraction of sp³-hybridized carbons (Fsp3) is 0.778. The summed E-state index contributed by atoms with van der Waals surface area (Å²) in [7, 11) is 0. The van der Waals surface area contributed by atoms with E-state index in [2.05, 4.69) is 0 Å². The van der Waals surface area contributed by atoms with E-state index in [1.165, 1.54) is 0 Å². The van der Waals surface area contributed by atoms with Gasteiger partial charge in [0.05, 0.1) is 11.8 Å². The van der Waals surface area contributed by atoms with Gasteiger partial charge in [-0.15, -0.1) is 0 Å². The summed E-state index contributed by atoms with van der Waals surface area (Å²) in [6.07, 6.45) is 2.14. The minimum Gasteiger partial charge on any atom is -0.481 e. The first-order valence-corrected chi connectivity index (χ1v) is 4.49. The van der Waals surface area contributed by atoms with Gasteiger partial charge in [-0.25, -0.2) is 0 Å². The Labute approximate surface area is 76.6 Å². The first-order valence-electron chi connectivity index (χ1n) is 4.49. The zero-order valence-electron chi connectivity index (χ0n) is 7.56. The summed E-state index contributed by atoms with van der Waals surface area (Å²) in [6, 6.07) is 0. The second kappa shape index (κ2) is 3.77. The number of aliphatic carboxylic acids is 2. The number of hydrogen-bond acceptors (Lipinski definition) is 2. The number of hydrogen-bond donors (Lipinski definition) is 2. The quantitative estimate of drug-likeness (QED) is 0.679. The molecule has 3 unspecified atom stereocenters. The summed E-state index contributed by atoms with van der Waals surface area (Å²) >= 11 is 0. The highest BCUT2D eigenvalue weighted by Gasteiger charge is 2.39. The van der Waals surface area contributed by atoms with E-state index >= 15 is 0 Å². The average molecular weight is 186 g/mol. The molecule has 0 aliphatic heterocycles. The van der Waals surface area contributed by atoms with Crippen LogP contribution >= 0.6 is 0 Å². The first kappa shape index (κ1) is 10.0. The molecule has 2 N–H and O–H groups in total. The van der Waals surface area contributed by atoms with Gasteiger partial charge in [-0.2, -0.15) is 0 Å². The summed E-state index contributed by atoms with van der Waals surface area (Å²) in [4.78, 5) is 21.6. The molecule has 4 nitrogen and oxygen atoms in total. The van der Waals surface area contributed by atoms with Gasteiger partial charge in [0, 0.05) is 0 Å². The normalized spacial score (nSPS) is 34.1. The van der Waals surface area contributed by atoms with Crippen LogP contribution in [0.2, 0.25) is 0 Å². The van der Waals surface area contributed by atoms with Crippen LogP contribution in [-0.4, -0.2) is 22.2 Å². The smallest absolute Gasteiger partial charge is 0.307 e.